The molecule has 0 radical (unpaired) electrons. The highest BCUT2D eigenvalue weighted by atomic mass is 35.5. The molecule has 0 bridgehead atoms. The summed E-state index contributed by atoms with van der Waals surface area (Å²) in [6.07, 6.45) is 0.473. The van der Waals surface area contributed by atoms with Gasteiger partial charge in [-0.3, -0.25) is 9.48 Å². The Hall–Kier alpha value is -1.55. The van der Waals surface area contributed by atoms with E-state index in [1.807, 2.05) is 25.2 Å². The van der Waals surface area contributed by atoms with E-state index in [9.17, 15) is 4.79 Å². The molecule has 0 fully saturated rings. The lowest BCUT2D eigenvalue weighted by Crippen LogP contribution is -2.26. The third-order valence-corrected chi connectivity index (χ3v) is 3.38. The molecule has 1 heterocycles. The molecule has 0 amide bonds. The Morgan fingerprint density at radius 2 is 2.17 bits per heavy atom. The lowest BCUT2D eigenvalue weighted by atomic mass is 9.86. The molecule has 5 heteroatoms. The van der Waals surface area contributed by atoms with E-state index < -0.39 is 11.4 Å². The van der Waals surface area contributed by atoms with Crippen LogP contribution in [0.25, 0.3) is 10.9 Å². The molecule has 0 saturated carbocycles. The van der Waals surface area contributed by atoms with Gasteiger partial charge in [-0.15, -0.1) is 0 Å². The molecule has 1 N–H and O–H groups in total. The Kier molecular flexibility index (Phi) is 3.07. The fraction of sp³-hybridized carbons (Fsp3) is 0.385. The van der Waals surface area contributed by atoms with Crippen LogP contribution < -0.4 is 0 Å². The minimum atomic E-state index is -0.800. The van der Waals surface area contributed by atoms with Gasteiger partial charge >= 0.3 is 5.97 Å². The summed E-state index contributed by atoms with van der Waals surface area (Å²) in [7, 11) is 1.82. The highest BCUT2D eigenvalue weighted by Crippen LogP contribution is 2.27. The second-order valence-corrected chi connectivity index (χ2v) is 5.49. The van der Waals surface area contributed by atoms with Gasteiger partial charge in [0.1, 0.15) is 0 Å². The van der Waals surface area contributed by atoms with Crippen LogP contribution in [-0.4, -0.2) is 20.9 Å². The van der Waals surface area contributed by atoms with Gasteiger partial charge in [-0.25, -0.2) is 0 Å². The average molecular weight is 267 g/mol. The molecule has 0 aliphatic rings. The van der Waals surface area contributed by atoms with Gasteiger partial charge in [0.25, 0.3) is 0 Å². The molecule has 0 unspecified atom stereocenters. The van der Waals surface area contributed by atoms with Gasteiger partial charge in [-0.2, -0.15) is 5.10 Å². The summed E-state index contributed by atoms with van der Waals surface area (Å²) in [5.74, 6) is -0.800. The van der Waals surface area contributed by atoms with Crippen molar-refractivity contribution in [1.29, 1.82) is 0 Å². The van der Waals surface area contributed by atoms with Crippen molar-refractivity contribution in [3.63, 3.8) is 0 Å². The fourth-order valence-electron chi connectivity index (χ4n) is 1.95. The molecule has 1 aromatic carbocycles. The standard InChI is InChI=1S/C13H15ClN2O2/c1-13(2,12(17)18)7-8-4-5-9-10(6-8)16(3)15-11(9)14/h4-6H,7H2,1-3H3,(H,17,18). The van der Waals surface area contributed by atoms with Crippen LogP contribution in [0.5, 0.6) is 0 Å². The van der Waals surface area contributed by atoms with Crippen molar-refractivity contribution in [2.75, 3.05) is 0 Å². The normalized spacial score (nSPS) is 12.0. The van der Waals surface area contributed by atoms with Gasteiger partial charge in [-0.1, -0.05) is 17.7 Å². The lowest BCUT2D eigenvalue weighted by Gasteiger charge is -2.18. The quantitative estimate of drug-likeness (QED) is 0.929. The van der Waals surface area contributed by atoms with Gasteiger partial charge < -0.3 is 5.11 Å². The first kappa shape index (κ1) is 12.9. The van der Waals surface area contributed by atoms with Crippen LogP contribution in [0.4, 0.5) is 0 Å². The number of rotatable bonds is 3. The molecule has 4 nitrogen and oxygen atoms in total. The number of aryl methyl sites for hydroxylation is 1. The largest absolute Gasteiger partial charge is 0.481 e. The molecule has 1 aromatic heterocycles. The summed E-state index contributed by atoms with van der Waals surface area (Å²) >= 11 is 5.99. The number of carboxylic acid groups (broad SMARTS) is 1. The molecule has 96 valence electrons. The number of fused-ring (bicyclic) bond motifs is 1. The fourth-order valence-corrected chi connectivity index (χ4v) is 2.23. The maximum atomic E-state index is 11.1. The molecule has 0 atom stereocenters. The van der Waals surface area contributed by atoms with Crippen molar-refractivity contribution in [2.24, 2.45) is 12.5 Å². The van der Waals surface area contributed by atoms with Gasteiger partial charge in [0, 0.05) is 12.4 Å². The number of carbonyl (C=O) groups is 1. The van der Waals surface area contributed by atoms with Crippen molar-refractivity contribution < 1.29 is 9.90 Å². The second-order valence-electron chi connectivity index (χ2n) is 5.13. The van der Waals surface area contributed by atoms with Crippen molar-refractivity contribution >= 4 is 28.5 Å². The summed E-state index contributed by atoms with van der Waals surface area (Å²) in [6, 6.07) is 5.73. The van der Waals surface area contributed by atoms with E-state index in [2.05, 4.69) is 5.10 Å². The number of nitrogens with zero attached hydrogens (tertiary/aromatic N) is 2. The number of aliphatic carboxylic acids is 1. The van der Waals surface area contributed by atoms with Crippen LogP contribution in [0.15, 0.2) is 18.2 Å². The van der Waals surface area contributed by atoms with E-state index in [-0.39, 0.29) is 0 Å². The predicted molar refractivity (Wildman–Crippen MR) is 70.8 cm³/mol. The van der Waals surface area contributed by atoms with Gasteiger partial charge in [-0.05, 0) is 38.0 Å². The summed E-state index contributed by atoms with van der Waals surface area (Å²) in [5.41, 5.74) is 1.10. The first-order valence-electron chi connectivity index (χ1n) is 5.66. The van der Waals surface area contributed by atoms with E-state index in [0.717, 1.165) is 16.5 Å². The number of benzene rings is 1. The SMILES string of the molecule is Cn1nc(Cl)c2ccc(CC(C)(C)C(=O)O)cc21. The number of aromatic nitrogens is 2. The Morgan fingerprint density at radius 3 is 2.78 bits per heavy atom. The number of halogens is 1. The average Bonchev–Trinajstić information content (AvgIpc) is 2.54. The Morgan fingerprint density at radius 1 is 1.50 bits per heavy atom. The van der Waals surface area contributed by atoms with E-state index in [1.54, 1.807) is 18.5 Å². The topological polar surface area (TPSA) is 55.1 Å². The maximum absolute atomic E-state index is 11.1. The van der Waals surface area contributed by atoms with Crippen LogP contribution >= 0.6 is 11.6 Å². The van der Waals surface area contributed by atoms with Gasteiger partial charge in [0.15, 0.2) is 5.15 Å². The zero-order valence-corrected chi connectivity index (χ0v) is 11.3. The zero-order chi connectivity index (χ0) is 13.5. The minimum Gasteiger partial charge on any atom is -0.481 e. The number of carboxylic acids is 1. The summed E-state index contributed by atoms with van der Waals surface area (Å²) < 4.78 is 1.70. The predicted octanol–water partition coefficient (Wildman–Crippen LogP) is 2.88. The lowest BCUT2D eigenvalue weighted by molar-refractivity contribution is -0.146. The summed E-state index contributed by atoms with van der Waals surface area (Å²) in [4.78, 5) is 11.1. The van der Waals surface area contributed by atoms with Crippen molar-refractivity contribution in [1.82, 2.24) is 9.78 Å². The Bertz CT molecular complexity index is 617. The first-order valence-corrected chi connectivity index (χ1v) is 6.03. The summed E-state index contributed by atoms with van der Waals surface area (Å²) in [6.45, 7) is 3.44. The van der Waals surface area contributed by atoms with Crippen LogP contribution in [0.3, 0.4) is 0 Å². The van der Waals surface area contributed by atoms with Crippen LogP contribution in [0.2, 0.25) is 5.15 Å². The van der Waals surface area contributed by atoms with Crippen LogP contribution in [0.1, 0.15) is 19.4 Å². The molecule has 2 rings (SSSR count). The van der Waals surface area contributed by atoms with E-state index in [1.165, 1.54) is 0 Å². The molecule has 0 aliphatic heterocycles. The molecule has 18 heavy (non-hydrogen) atoms. The van der Waals surface area contributed by atoms with Crippen molar-refractivity contribution in [3.05, 3.63) is 28.9 Å². The van der Waals surface area contributed by atoms with Gasteiger partial charge in [0.05, 0.1) is 10.9 Å². The molecular formula is C13H15ClN2O2. The summed E-state index contributed by atoms with van der Waals surface area (Å²) in [5, 5.41) is 14.6. The van der Waals surface area contributed by atoms with Crippen LogP contribution in [-0.2, 0) is 18.3 Å². The zero-order valence-electron chi connectivity index (χ0n) is 10.6. The van der Waals surface area contributed by atoms with Crippen molar-refractivity contribution in [2.45, 2.75) is 20.3 Å². The highest BCUT2D eigenvalue weighted by Gasteiger charge is 2.27. The maximum Gasteiger partial charge on any atom is 0.309 e. The first-order chi connectivity index (χ1) is 8.31. The number of hydrogen-bond donors (Lipinski definition) is 1. The molecule has 0 spiro atoms. The third-order valence-electron chi connectivity index (χ3n) is 3.10. The third kappa shape index (κ3) is 2.20. The highest BCUT2D eigenvalue weighted by molar-refractivity contribution is 6.34. The Balaban J connectivity index is 2.42. The van der Waals surface area contributed by atoms with E-state index in [4.69, 9.17) is 16.7 Å². The monoisotopic (exact) mass is 266 g/mol. The second kappa shape index (κ2) is 4.28. The van der Waals surface area contributed by atoms with Crippen LogP contribution in [0, 0.1) is 5.41 Å². The van der Waals surface area contributed by atoms with E-state index >= 15 is 0 Å². The molecular weight excluding hydrogens is 252 g/mol. The Labute approximate surface area is 110 Å². The molecule has 2 aromatic rings. The van der Waals surface area contributed by atoms with E-state index in [0.29, 0.717) is 11.6 Å². The molecule has 0 aliphatic carbocycles. The minimum absolute atomic E-state index is 0.469. The molecule has 0 saturated heterocycles. The van der Waals surface area contributed by atoms with Crippen molar-refractivity contribution in [3.8, 4) is 0 Å². The smallest absolute Gasteiger partial charge is 0.309 e. The van der Waals surface area contributed by atoms with Gasteiger partial charge in [0.2, 0.25) is 0 Å². The number of hydrogen-bond acceptors (Lipinski definition) is 2.